The predicted octanol–water partition coefficient (Wildman–Crippen LogP) is 1.38. The molecule has 0 aliphatic heterocycles. The number of carbonyl (C=O) groups is 2. The molecule has 4 N–H and O–H groups in total. The average Bonchev–Trinajstić information content (AvgIpc) is 2.48. The molecular formula is C14H19F2N3O2S. The summed E-state index contributed by atoms with van der Waals surface area (Å²) in [6, 6.07) is 7.29. The van der Waals surface area contributed by atoms with Crippen LogP contribution in [0.15, 0.2) is 24.3 Å². The van der Waals surface area contributed by atoms with Crippen LogP contribution < -0.4 is 16.4 Å². The Hall–Kier alpha value is -1.67. The molecule has 0 aliphatic carbocycles. The minimum atomic E-state index is -3.11. The highest BCUT2D eigenvalue weighted by molar-refractivity contribution is 8.00. The van der Waals surface area contributed by atoms with Crippen LogP contribution in [0.5, 0.6) is 0 Å². The molecule has 0 radical (unpaired) electrons. The molecule has 122 valence electrons. The van der Waals surface area contributed by atoms with Gasteiger partial charge < -0.3 is 16.4 Å². The van der Waals surface area contributed by atoms with Crippen LogP contribution in [0.2, 0.25) is 0 Å². The minimum Gasteiger partial charge on any atom is -0.349 e. The molecule has 5 nitrogen and oxygen atoms in total. The van der Waals surface area contributed by atoms with Crippen molar-refractivity contribution in [3.05, 3.63) is 29.8 Å². The molecule has 0 bridgehead atoms. The summed E-state index contributed by atoms with van der Waals surface area (Å²) in [5, 5.41) is 4.76. The van der Waals surface area contributed by atoms with Gasteiger partial charge in [0.05, 0.1) is 24.6 Å². The molecule has 0 aromatic heterocycles. The van der Waals surface area contributed by atoms with Crippen molar-refractivity contribution in [3.8, 4) is 0 Å². The van der Waals surface area contributed by atoms with E-state index in [9.17, 15) is 18.4 Å². The highest BCUT2D eigenvalue weighted by atomic mass is 32.2. The third-order valence-corrected chi connectivity index (χ3v) is 3.58. The van der Waals surface area contributed by atoms with E-state index in [0.29, 0.717) is 5.69 Å². The van der Waals surface area contributed by atoms with Crippen LogP contribution in [0, 0.1) is 6.92 Å². The molecule has 1 aromatic carbocycles. The highest BCUT2D eigenvalue weighted by Crippen LogP contribution is 2.10. The Bertz CT molecular complexity index is 509. The van der Waals surface area contributed by atoms with Crippen LogP contribution in [-0.2, 0) is 9.59 Å². The van der Waals surface area contributed by atoms with Crippen LogP contribution in [0.25, 0.3) is 0 Å². The first-order chi connectivity index (χ1) is 10.3. The summed E-state index contributed by atoms with van der Waals surface area (Å²) in [6.07, 6.45) is 0. The fourth-order valence-electron chi connectivity index (χ4n) is 1.42. The molecule has 1 aromatic rings. The van der Waals surface area contributed by atoms with Gasteiger partial charge in [-0.15, -0.1) is 11.8 Å². The Morgan fingerprint density at radius 1 is 1.18 bits per heavy atom. The molecule has 0 unspecified atom stereocenters. The number of hydrogen-bond donors (Lipinski definition) is 3. The van der Waals surface area contributed by atoms with Gasteiger partial charge in [0.15, 0.2) is 0 Å². The van der Waals surface area contributed by atoms with E-state index in [2.05, 4.69) is 10.6 Å². The number of hydrogen-bond acceptors (Lipinski definition) is 4. The molecule has 0 aliphatic rings. The van der Waals surface area contributed by atoms with Gasteiger partial charge in [-0.2, -0.15) is 0 Å². The Morgan fingerprint density at radius 3 is 2.36 bits per heavy atom. The molecule has 0 heterocycles. The second-order valence-electron chi connectivity index (χ2n) is 4.74. The molecule has 0 spiro atoms. The first-order valence-electron chi connectivity index (χ1n) is 6.61. The lowest BCUT2D eigenvalue weighted by Crippen LogP contribution is -2.42. The number of nitrogens with two attached hydrogens (primary N) is 1. The third kappa shape index (κ3) is 7.37. The van der Waals surface area contributed by atoms with Gasteiger partial charge in [0.2, 0.25) is 11.8 Å². The van der Waals surface area contributed by atoms with Gasteiger partial charge in [-0.25, -0.2) is 8.78 Å². The van der Waals surface area contributed by atoms with Gasteiger partial charge >= 0.3 is 0 Å². The van der Waals surface area contributed by atoms with Crippen LogP contribution in [0.1, 0.15) is 5.56 Å². The first-order valence-corrected chi connectivity index (χ1v) is 7.77. The Morgan fingerprint density at radius 2 is 1.77 bits per heavy atom. The van der Waals surface area contributed by atoms with Crippen molar-refractivity contribution >= 4 is 29.3 Å². The van der Waals surface area contributed by atoms with E-state index in [-0.39, 0.29) is 17.4 Å². The van der Waals surface area contributed by atoms with Crippen LogP contribution in [0.3, 0.4) is 0 Å². The van der Waals surface area contributed by atoms with E-state index >= 15 is 0 Å². The molecular weight excluding hydrogens is 312 g/mol. The van der Waals surface area contributed by atoms with Crippen molar-refractivity contribution in [3.63, 3.8) is 0 Å². The number of halogens is 2. The second-order valence-corrected chi connectivity index (χ2v) is 5.73. The Labute approximate surface area is 132 Å². The molecule has 1 rings (SSSR count). The van der Waals surface area contributed by atoms with Crippen LogP contribution in [-0.4, -0.2) is 42.3 Å². The molecule has 22 heavy (non-hydrogen) atoms. The molecule has 0 saturated heterocycles. The summed E-state index contributed by atoms with van der Waals surface area (Å²) >= 11 is 1.05. The summed E-state index contributed by atoms with van der Waals surface area (Å²) < 4.78 is 25.6. The summed E-state index contributed by atoms with van der Waals surface area (Å²) in [7, 11) is 0. The standard InChI is InChI=1S/C14H19F2N3O2S/c1-10-2-4-11(5-3-10)19-13(21)7-22-6-12(20)18-9-14(15,16)8-17/h2-5H,6-9,17H2,1H3,(H,18,20)(H,19,21). The summed E-state index contributed by atoms with van der Waals surface area (Å²) in [5.74, 6) is -3.92. The second kappa shape index (κ2) is 8.70. The van der Waals surface area contributed by atoms with Gasteiger partial charge in [0, 0.05) is 5.69 Å². The molecule has 0 saturated carbocycles. The largest absolute Gasteiger partial charge is 0.349 e. The van der Waals surface area contributed by atoms with Crippen LogP contribution >= 0.6 is 11.8 Å². The smallest absolute Gasteiger partial charge is 0.277 e. The number of benzene rings is 1. The van der Waals surface area contributed by atoms with E-state index in [0.717, 1.165) is 17.3 Å². The third-order valence-electron chi connectivity index (χ3n) is 2.64. The van der Waals surface area contributed by atoms with Crippen molar-refractivity contribution in [2.45, 2.75) is 12.8 Å². The number of thioether (sulfide) groups is 1. The first kappa shape index (κ1) is 18.4. The summed E-state index contributed by atoms with van der Waals surface area (Å²) in [5.41, 5.74) is 6.61. The molecule has 8 heteroatoms. The zero-order chi connectivity index (χ0) is 16.6. The maximum atomic E-state index is 12.8. The van der Waals surface area contributed by atoms with E-state index in [1.807, 2.05) is 19.1 Å². The zero-order valence-electron chi connectivity index (χ0n) is 12.2. The van der Waals surface area contributed by atoms with Gasteiger partial charge in [-0.1, -0.05) is 17.7 Å². The van der Waals surface area contributed by atoms with Crippen molar-refractivity contribution in [2.24, 2.45) is 5.73 Å². The lowest BCUT2D eigenvalue weighted by Gasteiger charge is -2.14. The van der Waals surface area contributed by atoms with E-state index in [1.165, 1.54) is 0 Å². The van der Waals surface area contributed by atoms with Crippen molar-refractivity contribution < 1.29 is 18.4 Å². The van der Waals surface area contributed by atoms with Gasteiger partial charge in [-0.3, -0.25) is 9.59 Å². The zero-order valence-corrected chi connectivity index (χ0v) is 13.0. The number of rotatable bonds is 8. The monoisotopic (exact) mass is 331 g/mol. The maximum Gasteiger partial charge on any atom is 0.277 e. The Kier molecular flexibility index (Phi) is 7.26. The summed E-state index contributed by atoms with van der Waals surface area (Å²) in [4.78, 5) is 23.0. The fraction of sp³-hybridized carbons (Fsp3) is 0.429. The minimum absolute atomic E-state index is 0.0641. The number of carbonyl (C=O) groups excluding carboxylic acids is 2. The molecule has 0 fully saturated rings. The summed E-state index contributed by atoms with van der Waals surface area (Å²) in [6.45, 7) is 0.325. The van der Waals surface area contributed by atoms with Crippen molar-refractivity contribution in [1.82, 2.24) is 5.32 Å². The van der Waals surface area contributed by atoms with E-state index in [4.69, 9.17) is 5.73 Å². The topological polar surface area (TPSA) is 84.2 Å². The molecule has 0 atom stereocenters. The Balaban J connectivity index is 2.22. The van der Waals surface area contributed by atoms with Crippen molar-refractivity contribution in [1.29, 1.82) is 0 Å². The maximum absolute atomic E-state index is 12.8. The SMILES string of the molecule is Cc1ccc(NC(=O)CSCC(=O)NCC(F)(F)CN)cc1. The van der Waals surface area contributed by atoms with Crippen LogP contribution in [0.4, 0.5) is 14.5 Å². The number of amides is 2. The predicted molar refractivity (Wildman–Crippen MR) is 84.1 cm³/mol. The average molecular weight is 331 g/mol. The van der Waals surface area contributed by atoms with E-state index < -0.39 is 24.9 Å². The molecule has 2 amide bonds. The lowest BCUT2D eigenvalue weighted by molar-refractivity contribution is -0.120. The fourth-order valence-corrected chi connectivity index (χ4v) is 2.07. The number of aryl methyl sites for hydroxylation is 1. The van der Waals surface area contributed by atoms with Gasteiger partial charge in [0.25, 0.3) is 5.92 Å². The number of nitrogens with one attached hydrogen (secondary N) is 2. The normalized spacial score (nSPS) is 11.1. The van der Waals surface area contributed by atoms with E-state index in [1.54, 1.807) is 12.1 Å². The number of alkyl halides is 2. The lowest BCUT2D eigenvalue weighted by atomic mass is 10.2. The quantitative estimate of drug-likeness (QED) is 0.672. The van der Waals surface area contributed by atoms with Gasteiger partial charge in [0.1, 0.15) is 0 Å². The van der Waals surface area contributed by atoms with Crippen molar-refractivity contribution in [2.75, 3.05) is 29.9 Å². The highest BCUT2D eigenvalue weighted by Gasteiger charge is 2.26. The number of anilines is 1. The van der Waals surface area contributed by atoms with Gasteiger partial charge in [-0.05, 0) is 19.1 Å².